The third-order valence-corrected chi connectivity index (χ3v) is 5.99. The van der Waals surface area contributed by atoms with Gasteiger partial charge in [-0.25, -0.2) is 0 Å². The summed E-state index contributed by atoms with van der Waals surface area (Å²) in [5.41, 5.74) is 3.60. The van der Waals surface area contributed by atoms with Crippen molar-refractivity contribution in [3.8, 4) is 10.4 Å². The van der Waals surface area contributed by atoms with Gasteiger partial charge in [-0.15, -0.1) is 11.3 Å². The number of thiazole rings is 1. The van der Waals surface area contributed by atoms with Crippen LogP contribution >= 0.6 is 11.3 Å². The third-order valence-electron chi connectivity index (χ3n) is 5.17. The molecule has 0 bridgehead atoms. The van der Waals surface area contributed by atoms with Gasteiger partial charge in [-0.05, 0) is 54.2 Å². The molecule has 0 aliphatic heterocycles. The van der Waals surface area contributed by atoms with Gasteiger partial charge in [0.2, 0.25) is 0 Å². The van der Waals surface area contributed by atoms with Crippen LogP contribution in [0.1, 0.15) is 36.0 Å². The van der Waals surface area contributed by atoms with Gasteiger partial charge in [-0.2, -0.15) is 0 Å². The van der Waals surface area contributed by atoms with Crippen LogP contribution in [0.25, 0.3) is 21.2 Å². The van der Waals surface area contributed by atoms with E-state index in [-0.39, 0.29) is 11.9 Å². The van der Waals surface area contributed by atoms with E-state index >= 15 is 0 Å². The van der Waals surface area contributed by atoms with E-state index < -0.39 is 0 Å². The average molecular weight is 366 g/mol. The van der Waals surface area contributed by atoms with E-state index in [9.17, 15) is 4.79 Å². The maximum atomic E-state index is 13.0. The first kappa shape index (κ1) is 17.2. The van der Waals surface area contributed by atoms with Gasteiger partial charge in [0.25, 0.3) is 5.91 Å². The molecule has 0 radical (unpaired) electrons. The van der Waals surface area contributed by atoms with Gasteiger partial charge in [0, 0.05) is 24.9 Å². The summed E-state index contributed by atoms with van der Waals surface area (Å²) in [5.74, 6) is 0.00781. The molecule has 1 amide bonds. The number of nitrogens with zero attached hydrogens (tertiary/aromatic N) is 1. The molecule has 1 fully saturated rings. The SMILES string of the molecule is CO[C@H]1CC[C@H](NC(=O)c2cc(-c3cncs3)cc3ccccc23)CC1. The molecule has 0 spiro atoms. The standard InChI is InChI=1S/C21H22N2O2S/c1-25-17-8-6-16(7-9-17)23-21(24)19-11-15(20-12-22-13-26-20)10-14-4-2-3-5-18(14)19/h2-5,10-13,16-17H,6-9H2,1H3,(H,23,24)/t16-,17-. The second kappa shape index (κ2) is 7.56. The Labute approximate surface area is 157 Å². The van der Waals surface area contributed by atoms with Gasteiger partial charge in [-0.3, -0.25) is 9.78 Å². The summed E-state index contributed by atoms with van der Waals surface area (Å²) in [7, 11) is 1.76. The number of ether oxygens (including phenoxy) is 1. The predicted octanol–water partition coefficient (Wildman–Crippen LogP) is 4.65. The fourth-order valence-electron chi connectivity index (χ4n) is 3.71. The van der Waals surface area contributed by atoms with Crippen LogP contribution in [-0.4, -0.2) is 30.1 Å². The van der Waals surface area contributed by atoms with Crippen LogP contribution in [0, 0.1) is 0 Å². The zero-order valence-corrected chi connectivity index (χ0v) is 15.6. The molecular formula is C21H22N2O2S. The molecule has 5 heteroatoms. The molecule has 1 aromatic heterocycles. The van der Waals surface area contributed by atoms with Crippen molar-refractivity contribution in [3.63, 3.8) is 0 Å². The van der Waals surface area contributed by atoms with Gasteiger partial charge < -0.3 is 10.1 Å². The van der Waals surface area contributed by atoms with Crippen molar-refractivity contribution < 1.29 is 9.53 Å². The van der Waals surface area contributed by atoms with E-state index in [1.807, 2.05) is 36.0 Å². The molecule has 1 aliphatic rings. The quantitative estimate of drug-likeness (QED) is 0.731. The van der Waals surface area contributed by atoms with E-state index in [0.29, 0.717) is 6.10 Å². The van der Waals surface area contributed by atoms with Crippen LogP contribution in [0.2, 0.25) is 0 Å². The Morgan fingerprint density at radius 3 is 2.73 bits per heavy atom. The smallest absolute Gasteiger partial charge is 0.252 e. The van der Waals surface area contributed by atoms with Gasteiger partial charge in [-0.1, -0.05) is 24.3 Å². The largest absolute Gasteiger partial charge is 0.381 e. The Bertz CT molecular complexity index is 900. The maximum absolute atomic E-state index is 13.0. The minimum Gasteiger partial charge on any atom is -0.381 e. The zero-order chi connectivity index (χ0) is 17.9. The number of nitrogens with one attached hydrogen (secondary N) is 1. The van der Waals surface area contributed by atoms with Crippen molar-refractivity contribution in [2.24, 2.45) is 0 Å². The molecule has 26 heavy (non-hydrogen) atoms. The molecule has 1 aliphatic carbocycles. The molecule has 1 N–H and O–H groups in total. The Hall–Kier alpha value is -2.24. The van der Waals surface area contributed by atoms with Crippen LogP contribution in [0.3, 0.4) is 0 Å². The Morgan fingerprint density at radius 1 is 1.19 bits per heavy atom. The highest BCUT2D eigenvalue weighted by Crippen LogP contribution is 2.30. The highest BCUT2D eigenvalue weighted by atomic mass is 32.1. The van der Waals surface area contributed by atoms with E-state index in [2.05, 4.69) is 22.4 Å². The second-order valence-corrected chi connectivity index (χ2v) is 7.68. The van der Waals surface area contributed by atoms with Crippen LogP contribution in [0.4, 0.5) is 0 Å². The number of hydrogen-bond donors (Lipinski definition) is 1. The highest BCUT2D eigenvalue weighted by molar-refractivity contribution is 7.13. The summed E-state index contributed by atoms with van der Waals surface area (Å²) in [5, 5.41) is 5.30. The number of methoxy groups -OCH3 is 1. The molecule has 3 aromatic rings. The second-order valence-electron chi connectivity index (χ2n) is 6.79. The molecule has 2 aromatic carbocycles. The van der Waals surface area contributed by atoms with E-state index in [1.165, 1.54) is 0 Å². The summed E-state index contributed by atoms with van der Waals surface area (Å²) < 4.78 is 5.43. The minimum absolute atomic E-state index is 0.00781. The van der Waals surface area contributed by atoms with Crippen LogP contribution in [0.5, 0.6) is 0 Å². The lowest BCUT2D eigenvalue weighted by atomic mass is 9.92. The maximum Gasteiger partial charge on any atom is 0.252 e. The molecule has 1 saturated carbocycles. The van der Waals surface area contributed by atoms with Crippen LogP contribution < -0.4 is 5.32 Å². The molecule has 0 unspecified atom stereocenters. The monoisotopic (exact) mass is 366 g/mol. The summed E-state index contributed by atoms with van der Waals surface area (Å²) in [4.78, 5) is 18.3. The lowest BCUT2D eigenvalue weighted by molar-refractivity contribution is 0.0599. The Balaban J connectivity index is 1.63. The van der Waals surface area contributed by atoms with Gasteiger partial charge in [0.1, 0.15) is 0 Å². The first-order valence-electron chi connectivity index (χ1n) is 9.00. The number of aromatic nitrogens is 1. The topological polar surface area (TPSA) is 51.2 Å². The lowest BCUT2D eigenvalue weighted by Gasteiger charge is -2.28. The number of carbonyl (C=O) groups is 1. The molecule has 4 nitrogen and oxygen atoms in total. The van der Waals surface area contributed by atoms with Crippen molar-refractivity contribution in [3.05, 3.63) is 53.7 Å². The van der Waals surface area contributed by atoms with Gasteiger partial charge >= 0.3 is 0 Å². The summed E-state index contributed by atoms with van der Waals surface area (Å²) in [6, 6.07) is 12.4. The van der Waals surface area contributed by atoms with Crippen molar-refractivity contribution in [2.75, 3.05) is 7.11 Å². The van der Waals surface area contributed by atoms with Gasteiger partial charge in [0.15, 0.2) is 0 Å². The molecular weight excluding hydrogens is 344 g/mol. The number of amides is 1. The number of fused-ring (bicyclic) bond motifs is 1. The first-order valence-corrected chi connectivity index (χ1v) is 9.88. The number of carbonyl (C=O) groups excluding carboxylic acids is 1. The van der Waals surface area contributed by atoms with E-state index in [4.69, 9.17) is 4.74 Å². The van der Waals surface area contributed by atoms with Crippen molar-refractivity contribution in [1.82, 2.24) is 10.3 Å². The van der Waals surface area contributed by atoms with Crippen molar-refractivity contribution in [1.29, 1.82) is 0 Å². The third kappa shape index (κ3) is 3.50. The Kier molecular flexibility index (Phi) is 5.00. The normalized spacial score (nSPS) is 20.2. The molecule has 1 heterocycles. The Morgan fingerprint density at radius 2 is 2.00 bits per heavy atom. The fraction of sp³-hybridized carbons (Fsp3) is 0.333. The van der Waals surface area contributed by atoms with Crippen LogP contribution in [-0.2, 0) is 4.74 Å². The molecule has 4 rings (SSSR count). The van der Waals surface area contributed by atoms with E-state index in [1.54, 1.807) is 18.4 Å². The zero-order valence-electron chi connectivity index (χ0n) is 14.8. The lowest BCUT2D eigenvalue weighted by Crippen LogP contribution is -2.39. The summed E-state index contributed by atoms with van der Waals surface area (Å²) >= 11 is 1.59. The number of rotatable bonds is 4. The molecule has 0 atom stereocenters. The summed E-state index contributed by atoms with van der Waals surface area (Å²) in [6.07, 6.45) is 6.13. The molecule has 0 saturated heterocycles. The van der Waals surface area contributed by atoms with Crippen molar-refractivity contribution >= 4 is 28.0 Å². The highest BCUT2D eigenvalue weighted by Gasteiger charge is 2.23. The number of benzene rings is 2. The summed E-state index contributed by atoms with van der Waals surface area (Å²) in [6.45, 7) is 0. The minimum atomic E-state index is 0.00781. The van der Waals surface area contributed by atoms with Gasteiger partial charge in [0.05, 0.1) is 16.5 Å². The first-order chi connectivity index (χ1) is 12.7. The number of hydrogen-bond acceptors (Lipinski definition) is 4. The van der Waals surface area contributed by atoms with E-state index in [0.717, 1.165) is 52.5 Å². The van der Waals surface area contributed by atoms with Crippen LogP contribution in [0.15, 0.2) is 48.1 Å². The molecule has 134 valence electrons. The fourth-order valence-corrected chi connectivity index (χ4v) is 4.32. The van der Waals surface area contributed by atoms with Crippen molar-refractivity contribution in [2.45, 2.75) is 37.8 Å². The predicted molar refractivity (Wildman–Crippen MR) is 106 cm³/mol. The average Bonchev–Trinajstić information content (AvgIpc) is 3.22.